The predicted molar refractivity (Wildman–Crippen MR) is 85.5 cm³/mol. The molecule has 114 valence electrons. The first-order valence-electron chi connectivity index (χ1n) is 7.88. The van der Waals surface area contributed by atoms with Crippen molar-refractivity contribution in [2.45, 2.75) is 31.8 Å². The second-order valence-corrected chi connectivity index (χ2v) is 6.00. The lowest BCUT2D eigenvalue weighted by atomic mass is 10.0. The van der Waals surface area contributed by atoms with Gasteiger partial charge in [-0.25, -0.2) is 9.97 Å². The maximum atomic E-state index is 5.58. The van der Waals surface area contributed by atoms with E-state index in [9.17, 15) is 0 Å². The van der Waals surface area contributed by atoms with Gasteiger partial charge in [0.1, 0.15) is 5.52 Å². The van der Waals surface area contributed by atoms with Crippen molar-refractivity contribution < 1.29 is 4.42 Å². The minimum absolute atomic E-state index is 0.530. The van der Waals surface area contributed by atoms with Crippen molar-refractivity contribution in [1.82, 2.24) is 19.4 Å². The first-order valence-corrected chi connectivity index (χ1v) is 7.88. The fraction of sp³-hybridized carbons (Fsp3) is 0.412. The molecule has 1 aliphatic heterocycles. The minimum atomic E-state index is 0.530. The van der Waals surface area contributed by atoms with Crippen LogP contribution in [0.5, 0.6) is 0 Å². The van der Waals surface area contributed by atoms with E-state index >= 15 is 0 Å². The summed E-state index contributed by atoms with van der Waals surface area (Å²) >= 11 is 0. The molecule has 0 radical (unpaired) electrons. The van der Waals surface area contributed by atoms with Crippen LogP contribution in [-0.4, -0.2) is 39.1 Å². The Balaban J connectivity index is 1.79. The number of aromatic nitrogens is 3. The molecule has 3 aromatic heterocycles. The summed E-state index contributed by atoms with van der Waals surface area (Å²) < 4.78 is 7.79. The van der Waals surface area contributed by atoms with Crippen LogP contribution in [0, 0.1) is 0 Å². The van der Waals surface area contributed by atoms with E-state index in [-0.39, 0.29) is 0 Å². The Bertz CT molecular complexity index is 762. The second kappa shape index (κ2) is 5.57. The molecule has 0 spiro atoms. The van der Waals surface area contributed by atoms with Gasteiger partial charge >= 0.3 is 0 Å². The van der Waals surface area contributed by atoms with Crippen molar-refractivity contribution in [1.29, 1.82) is 0 Å². The van der Waals surface area contributed by atoms with Gasteiger partial charge in [0.15, 0.2) is 17.2 Å². The van der Waals surface area contributed by atoms with E-state index in [0.29, 0.717) is 6.04 Å². The number of rotatable bonds is 3. The highest BCUT2D eigenvalue weighted by molar-refractivity contribution is 5.75. The van der Waals surface area contributed by atoms with E-state index in [4.69, 9.17) is 9.40 Å². The van der Waals surface area contributed by atoms with Gasteiger partial charge in [-0.2, -0.15) is 0 Å². The van der Waals surface area contributed by atoms with Crippen molar-refractivity contribution >= 4 is 11.2 Å². The SMILES string of the molecule is CN1CCCCC1Cn1c(-c2ccco2)nc2cccnc21. The highest BCUT2D eigenvalue weighted by Gasteiger charge is 2.23. The van der Waals surface area contributed by atoms with Crippen LogP contribution in [0.2, 0.25) is 0 Å². The van der Waals surface area contributed by atoms with E-state index in [1.807, 2.05) is 30.5 Å². The van der Waals surface area contributed by atoms with E-state index in [1.54, 1.807) is 6.26 Å². The average molecular weight is 296 g/mol. The van der Waals surface area contributed by atoms with Crippen LogP contribution in [-0.2, 0) is 6.54 Å². The molecule has 0 amide bonds. The van der Waals surface area contributed by atoms with E-state index in [0.717, 1.165) is 29.3 Å². The molecular formula is C17H20N4O. The summed E-state index contributed by atoms with van der Waals surface area (Å²) in [5.74, 6) is 1.68. The van der Waals surface area contributed by atoms with Crippen molar-refractivity contribution in [3.8, 4) is 11.6 Å². The lowest BCUT2D eigenvalue weighted by Crippen LogP contribution is -2.39. The molecule has 0 N–H and O–H groups in total. The Labute approximate surface area is 129 Å². The number of fused-ring (bicyclic) bond motifs is 1. The van der Waals surface area contributed by atoms with Crippen LogP contribution in [0.3, 0.4) is 0 Å². The smallest absolute Gasteiger partial charge is 0.178 e. The molecule has 0 aliphatic carbocycles. The third-order valence-electron chi connectivity index (χ3n) is 4.56. The molecular weight excluding hydrogens is 276 g/mol. The van der Waals surface area contributed by atoms with Gasteiger partial charge < -0.3 is 13.9 Å². The van der Waals surface area contributed by atoms with Gasteiger partial charge in [0, 0.05) is 18.8 Å². The summed E-state index contributed by atoms with van der Waals surface area (Å²) in [7, 11) is 2.21. The third-order valence-corrected chi connectivity index (χ3v) is 4.56. The molecule has 1 saturated heterocycles. The van der Waals surface area contributed by atoms with Crippen molar-refractivity contribution in [2.24, 2.45) is 0 Å². The summed E-state index contributed by atoms with van der Waals surface area (Å²) in [6.45, 7) is 2.07. The van der Waals surface area contributed by atoms with Crippen molar-refractivity contribution in [2.75, 3.05) is 13.6 Å². The normalized spacial score (nSPS) is 19.8. The molecule has 3 aromatic rings. The van der Waals surface area contributed by atoms with Gasteiger partial charge in [-0.15, -0.1) is 0 Å². The molecule has 4 rings (SSSR count). The number of pyridine rings is 1. The Kier molecular flexibility index (Phi) is 3.42. The molecule has 5 heteroatoms. The minimum Gasteiger partial charge on any atom is -0.461 e. The standard InChI is InChI=1S/C17H20N4O/c1-20-10-3-2-6-13(20)12-21-16-14(7-4-9-18-16)19-17(21)15-8-5-11-22-15/h4-5,7-9,11,13H,2-3,6,10,12H2,1H3. The molecule has 22 heavy (non-hydrogen) atoms. The van der Waals surface area contributed by atoms with Gasteiger partial charge in [0.2, 0.25) is 0 Å². The van der Waals surface area contributed by atoms with E-state index in [1.165, 1.54) is 25.8 Å². The van der Waals surface area contributed by atoms with Crippen LogP contribution in [0.15, 0.2) is 41.1 Å². The van der Waals surface area contributed by atoms with Crippen LogP contribution in [0.4, 0.5) is 0 Å². The topological polar surface area (TPSA) is 47.1 Å². The van der Waals surface area contributed by atoms with E-state index < -0.39 is 0 Å². The highest BCUT2D eigenvalue weighted by Crippen LogP contribution is 2.26. The van der Waals surface area contributed by atoms with Gasteiger partial charge in [0.25, 0.3) is 0 Å². The Hall–Kier alpha value is -2.14. The summed E-state index contributed by atoms with van der Waals surface area (Å²) in [6, 6.07) is 8.33. The summed E-state index contributed by atoms with van der Waals surface area (Å²) in [5, 5.41) is 0. The Morgan fingerprint density at radius 1 is 1.27 bits per heavy atom. The number of hydrogen-bond acceptors (Lipinski definition) is 4. The van der Waals surface area contributed by atoms with E-state index in [2.05, 4.69) is 21.5 Å². The van der Waals surface area contributed by atoms with Crippen LogP contribution >= 0.6 is 0 Å². The monoisotopic (exact) mass is 296 g/mol. The molecule has 5 nitrogen and oxygen atoms in total. The van der Waals surface area contributed by atoms with Crippen molar-refractivity contribution in [3.05, 3.63) is 36.7 Å². The molecule has 1 fully saturated rings. The largest absolute Gasteiger partial charge is 0.461 e. The molecule has 0 aromatic carbocycles. The summed E-state index contributed by atoms with van der Waals surface area (Å²) in [5.41, 5.74) is 1.86. The van der Waals surface area contributed by atoms with Gasteiger partial charge in [0.05, 0.1) is 6.26 Å². The van der Waals surface area contributed by atoms with Gasteiger partial charge in [-0.05, 0) is 50.7 Å². The number of likely N-dealkylation sites (tertiary alicyclic amines) is 1. The molecule has 1 atom stereocenters. The predicted octanol–water partition coefficient (Wildman–Crippen LogP) is 3.18. The fourth-order valence-electron chi connectivity index (χ4n) is 3.31. The second-order valence-electron chi connectivity index (χ2n) is 6.00. The van der Waals surface area contributed by atoms with Crippen LogP contribution < -0.4 is 0 Å². The number of piperidine rings is 1. The van der Waals surface area contributed by atoms with Crippen LogP contribution in [0.1, 0.15) is 19.3 Å². The van der Waals surface area contributed by atoms with Gasteiger partial charge in [-0.1, -0.05) is 6.42 Å². The fourth-order valence-corrected chi connectivity index (χ4v) is 3.31. The average Bonchev–Trinajstić information content (AvgIpc) is 3.17. The molecule has 0 bridgehead atoms. The number of furan rings is 1. The maximum Gasteiger partial charge on any atom is 0.178 e. The molecule has 1 aliphatic rings. The van der Waals surface area contributed by atoms with Gasteiger partial charge in [-0.3, -0.25) is 0 Å². The summed E-state index contributed by atoms with van der Waals surface area (Å²) in [4.78, 5) is 11.7. The maximum absolute atomic E-state index is 5.58. The molecule has 4 heterocycles. The zero-order valence-corrected chi connectivity index (χ0v) is 12.8. The Morgan fingerprint density at radius 2 is 2.23 bits per heavy atom. The lowest BCUT2D eigenvalue weighted by molar-refractivity contribution is 0.169. The molecule has 1 unspecified atom stereocenters. The highest BCUT2D eigenvalue weighted by atomic mass is 16.3. The van der Waals surface area contributed by atoms with Crippen LogP contribution in [0.25, 0.3) is 22.7 Å². The number of nitrogens with zero attached hydrogens (tertiary/aromatic N) is 4. The Morgan fingerprint density at radius 3 is 3.05 bits per heavy atom. The number of imidazole rings is 1. The number of likely N-dealkylation sites (N-methyl/N-ethyl adjacent to an activating group) is 1. The zero-order chi connectivity index (χ0) is 14.9. The van der Waals surface area contributed by atoms with Crippen molar-refractivity contribution in [3.63, 3.8) is 0 Å². The lowest BCUT2D eigenvalue weighted by Gasteiger charge is -2.32. The third kappa shape index (κ3) is 2.31. The summed E-state index contributed by atoms with van der Waals surface area (Å²) in [6.07, 6.45) is 7.34. The number of hydrogen-bond donors (Lipinski definition) is 0. The zero-order valence-electron chi connectivity index (χ0n) is 12.8. The molecule has 0 saturated carbocycles. The quantitative estimate of drug-likeness (QED) is 0.745. The first kappa shape index (κ1) is 13.5. The first-order chi connectivity index (χ1) is 10.8.